The fraction of sp³-hybridized carbons (Fsp3) is 0.552. The van der Waals surface area contributed by atoms with Crippen LogP contribution in [0.25, 0.3) is 11.1 Å². The Balaban J connectivity index is 1.47. The minimum absolute atomic E-state index is 0.161. The average Bonchev–Trinajstić information content (AvgIpc) is 2.80. The van der Waals surface area contributed by atoms with Crippen LogP contribution >= 0.6 is 0 Å². The van der Waals surface area contributed by atoms with Crippen molar-refractivity contribution in [3.8, 4) is 16.9 Å². The second kappa shape index (κ2) is 12.7. The number of carbonyl (C=O) groups is 1. The van der Waals surface area contributed by atoms with E-state index in [1.165, 1.54) is 75.3 Å². The van der Waals surface area contributed by atoms with Crippen LogP contribution in [-0.2, 0) is 4.79 Å². The van der Waals surface area contributed by atoms with Crippen LogP contribution in [0, 0.1) is 5.92 Å². The first-order valence-electron chi connectivity index (χ1n) is 12.6. The van der Waals surface area contributed by atoms with Gasteiger partial charge in [-0.2, -0.15) is 0 Å². The number of carbonyl (C=O) groups excluding carboxylic acids is 1. The van der Waals surface area contributed by atoms with Crippen LogP contribution in [0.3, 0.4) is 0 Å². The van der Waals surface area contributed by atoms with Crippen molar-refractivity contribution >= 4 is 5.97 Å². The molecule has 1 aliphatic rings. The molecule has 0 spiro atoms. The summed E-state index contributed by atoms with van der Waals surface area (Å²) in [5.74, 6) is 2.15. The smallest absolute Gasteiger partial charge is 0.311 e. The summed E-state index contributed by atoms with van der Waals surface area (Å²) < 4.78 is 5.36. The number of ether oxygens (including phenoxy) is 1. The van der Waals surface area contributed by atoms with Crippen molar-refractivity contribution in [1.29, 1.82) is 0 Å². The Hall–Kier alpha value is -2.09. The minimum atomic E-state index is -0.161. The average molecular weight is 421 g/mol. The van der Waals surface area contributed by atoms with Crippen LogP contribution < -0.4 is 4.74 Å². The van der Waals surface area contributed by atoms with Crippen molar-refractivity contribution in [3.63, 3.8) is 0 Å². The molecule has 0 radical (unpaired) electrons. The van der Waals surface area contributed by atoms with Gasteiger partial charge in [-0.25, -0.2) is 0 Å². The molecule has 0 atom stereocenters. The molecule has 2 heteroatoms. The molecule has 1 fully saturated rings. The monoisotopic (exact) mass is 420 g/mol. The molecule has 168 valence electrons. The first-order chi connectivity index (χ1) is 15.2. The highest BCUT2D eigenvalue weighted by molar-refractivity contribution is 5.73. The Morgan fingerprint density at radius 3 is 2.00 bits per heavy atom. The van der Waals surface area contributed by atoms with Crippen LogP contribution in [0.15, 0.2) is 48.5 Å². The van der Waals surface area contributed by atoms with Crippen molar-refractivity contribution in [2.24, 2.45) is 5.92 Å². The van der Waals surface area contributed by atoms with Crippen molar-refractivity contribution in [3.05, 3.63) is 54.1 Å². The lowest BCUT2D eigenvalue weighted by molar-refractivity contribution is -0.134. The second-order valence-electron chi connectivity index (χ2n) is 9.29. The first kappa shape index (κ1) is 23.6. The number of unbranched alkanes of at least 4 members (excludes halogenated alkanes) is 4. The molecule has 2 aromatic rings. The SMILES string of the molecule is CCCCCCCC1CCC(c2ccc(-c3ccc(OC(=O)CCC)cc3)cc2)CC1. The van der Waals surface area contributed by atoms with Gasteiger partial charge >= 0.3 is 5.97 Å². The molecule has 0 amide bonds. The van der Waals surface area contributed by atoms with Gasteiger partial charge in [-0.3, -0.25) is 4.79 Å². The highest BCUT2D eigenvalue weighted by Crippen LogP contribution is 2.38. The highest BCUT2D eigenvalue weighted by atomic mass is 16.5. The van der Waals surface area contributed by atoms with E-state index in [-0.39, 0.29) is 5.97 Å². The Bertz CT molecular complexity index is 767. The second-order valence-corrected chi connectivity index (χ2v) is 9.29. The molecular formula is C29H40O2. The first-order valence-corrected chi connectivity index (χ1v) is 12.6. The molecule has 0 bridgehead atoms. The summed E-state index contributed by atoms with van der Waals surface area (Å²) in [6, 6.07) is 17.0. The van der Waals surface area contributed by atoms with E-state index >= 15 is 0 Å². The van der Waals surface area contributed by atoms with Crippen LogP contribution in [0.1, 0.15) is 102 Å². The fourth-order valence-corrected chi connectivity index (χ4v) is 4.87. The third-order valence-corrected chi connectivity index (χ3v) is 6.82. The van der Waals surface area contributed by atoms with Gasteiger partial charge in [0.15, 0.2) is 0 Å². The molecule has 0 aliphatic heterocycles. The Labute approximate surface area is 189 Å². The maximum absolute atomic E-state index is 11.6. The number of hydrogen-bond acceptors (Lipinski definition) is 2. The summed E-state index contributed by atoms with van der Waals surface area (Å²) in [5.41, 5.74) is 3.87. The summed E-state index contributed by atoms with van der Waals surface area (Å²) in [7, 11) is 0. The zero-order chi connectivity index (χ0) is 21.9. The highest BCUT2D eigenvalue weighted by Gasteiger charge is 2.22. The number of hydrogen-bond donors (Lipinski definition) is 0. The third-order valence-electron chi connectivity index (χ3n) is 6.82. The summed E-state index contributed by atoms with van der Waals surface area (Å²) in [5, 5.41) is 0. The summed E-state index contributed by atoms with van der Waals surface area (Å²) >= 11 is 0. The lowest BCUT2D eigenvalue weighted by Crippen LogP contribution is -2.13. The molecule has 2 aromatic carbocycles. The van der Waals surface area contributed by atoms with Gasteiger partial charge in [-0.15, -0.1) is 0 Å². The van der Waals surface area contributed by atoms with E-state index in [9.17, 15) is 4.79 Å². The molecule has 1 aliphatic carbocycles. The van der Waals surface area contributed by atoms with E-state index < -0.39 is 0 Å². The normalized spacial score (nSPS) is 18.6. The predicted octanol–water partition coefficient (Wildman–Crippen LogP) is 8.69. The van der Waals surface area contributed by atoms with Crippen LogP contribution in [0.4, 0.5) is 0 Å². The number of esters is 1. The lowest BCUT2D eigenvalue weighted by Gasteiger charge is -2.29. The van der Waals surface area contributed by atoms with Crippen LogP contribution in [-0.4, -0.2) is 5.97 Å². The van der Waals surface area contributed by atoms with Crippen molar-refractivity contribution in [2.75, 3.05) is 0 Å². The predicted molar refractivity (Wildman–Crippen MR) is 130 cm³/mol. The number of rotatable bonds is 11. The fourth-order valence-electron chi connectivity index (χ4n) is 4.87. The largest absolute Gasteiger partial charge is 0.427 e. The van der Waals surface area contributed by atoms with Gasteiger partial charge in [0.1, 0.15) is 5.75 Å². The van der Waals surface area contributed by atoms with E-state index in [0.717, 1.165) is 23.8 Å². The van der Waals surface area contributed by atoms with E-state index in [1.807, 2.05) is 31.2 Å². The molecule has 1 saturated carbocycles. The molecule has 0 N–H and O–H groups in total. The Kier molecular flexibility index (Phi) is 9.65. The summed E-state index contributed by atoms with van der Waals surface area (Å²) in [6.45, 7) is 4.27. The number of benzene rings is 2. The summed E-state index contributed by atoms with van der Waals surface area (Å²) in [4.78, 5) is 11.6. The van der Waals surface area contributed by atoms with E-state index in [2.05, 4.69) is 31.2 Å². The minimum Gasteiger partial charge on any atom is -0.427 e. The van der Waals surface area contributed by atoms with Gasteiger partial charge in [0, 0.05) is 6.42 Å². The summed E-state index contributed by atoms with van der Waals surface area (Å²) in [6.07, 6.45) is 15.2. The Morgan fingerprint density at radius 2 is 1.39 bits per heavy atom. The third kappa shape index (κ3) is 7.52. The van der Waals surface area contributed by atoms with E-state index in [0.29, 0.717) is 12.2 Å². The molecule has 0 aromatic heterocycles. The van der Waals surface area contributed by atoms with Gasteiger partial charge in [0.25, 0.3) is 0 Å². The molecule has 0 heterocycles. The zero-order valence-electron chi connectivity index (χ0n) is 19.6. The standard InChI is InChI=1S/C29H40O2/c1-3-5-6-7-8-10-23-11-13-24(14-12-23)25-15-17-26(18-16-25)27-19-21-28(22-20-27)31-29(30)9-4-2/h15-24H,3-14H2,1-2H3. The van der Waals surface area contributed by atoms with Gasteiger partial charge in [-0.05, 0) is 72.8 Å². The van der Waals surface area contributed by atoms with Crippen molar-refractivity contribution < 1.29 is 9.53 Å². The van der Waals surface area contributed by atoms with Gasteiger partial charge in [0.2, 0.25) is 0 Å². The Morgan fingerprint density at radius 1 is 0.774 bits per heavy atom. The van der Waals surface area contributed by atoms with E-state index in [4.69, 9.17) is 4.74 Å². The maximum Gasteiger partial charge on any atom is 0.311 e. The topological polar surface area (TPSA) is 26.3 Å². The van der Waals surface area contributed by atoms with Crippen molar-refractivity contribution in [2.45, 2.75) is 96.8 Å². The zero-order valence-corrected chi connectivity index (χ0v) is 19.6. The lowest BCUT2D eigenvalue weighted by atomic mass is 9.77. The van der Waals surface area contributed by atoms with Crippen LogP contribution in [0.2, 0.25) is 0 Å². The molecule has 0 unspecified atom stereocenters. The maximum atomic E-state index is 11.6. The van der Waals surface area contributed by atoms with Gasteiger partial charge in [0.05, 0.1) is 0 Å². The van der Waals surface area contributed by atoms with Gasteiger partial charge in [-0.1, -0.05) is 88.8 Å². The van der Waals surface area contributed by atoms with Crippen LogP contribution in [0.5, 0.6) is 5.75 Å². The van der Waals surface area contributed by atoms with Gasteiger partial charge < -0.3 is 4.74 Å². The molecule has 0 saturated heterocycles. The molecule has 31 heavy (non-hydrogen) atoms. The quantitative estimate of drug-likeness (QED) is 0.206. The van der Waals surface area contributed by atoms with E-state index in [1.54, 1.807) is 0 Å². The molecule has 3 rings (SSSR count). The molecule has 2 nitrogen and oxygen atoms in total. The van der Waals surface area contributed by atoms with Crippen molar-refractivity contribution in [1.82, 2.24) is 0 Å². The molecular weight excluding hydrogens is 380 g/mol.